The van der Waals surface area contributed by atoms with E-state index in [1.807, 2.05) is 24.3 Å². The quantitative estimate of drug-likeness (QED) is 0.604. The molecule has 0 aliphatic carbocycles. The lowest BCUT2D eigenvalue weighted by Crippen LogP contribution is -2.14. The zero-order valence-corrected chi connectivity index (χ0v) is 16.8. The average Bonchev–Trinajstić information content (AvgIpc) is 2.91. The molecule has 1 aliphatic rings. The first-order chi connectivity index (χ1) is 14.5. The van der Waals surface area contributed by atoms with Crippen molar-refractivity contribution in [2.24, 2.45) is 0 Å². The Balaban J connectivity index is 1.70. The van der Waals surface area contributed by atoms with E-state index in [0.717, 1.165) is 60.9 Å². The Bertz CT molecular complexity index is 1010. The molecule has 4 nitrogen and oxygen atoms in total. The molecule has 1 aromatic heterocycles. The molecule has 158 valence electrons. The van der Waals surface area contributed by atoms with E-state index in [2.05, 4.69) is 10.4 Å². The van der Waals surface area contributed by atoms with Crippen molar-refractivity contribution in [3.05, 3.63) is 70.9 Å². The van der Waals surface area contributed by atoms with Crippen molar-refractivity contribution in [2.75, 3.05) is 19.0 Å². The molecular formula is C23H24F3N3O. The van der Waals surface area contributed by atoms with Crippen LogP contribution in [0.3, 0.4) is 0 Å². The van der Waals surface area contributed by atoms with Crippen molar-refractivity contribution in [3.63, 3.8) is 0 Å². The summed E-state index contributed by atoms with van der Waals surface area (Å²) in [6, 6.07) is 13.5. The number of anilines is 1. The lowest BCUT2D eigenvalue weighted by Gasteiger charge is -2.15. The highest BCUT2D eigenvalue weighted by atomic mass is 19.4. The number of ether oxygens (including phenoxy) is 1. The number of rotatable bonds is 5. The molecule has 2 aromatic carbocycles. The summed E-state index contributed by atoms with van der Waals surface area (Å²) >= 11 is 0. The van der Waals surface area contributed by atoms with E-state index in [0.29, 0.717) is 12.2 Å². The van der Waals surface area contributed by atoms with Crippen LogP contribution in [0.1, 0.15) is 35.2 Å². The Morgan fingerprint density at radius 1 is 1.03 bits per heavy atom. The molecule has 0 radical (unpaired) electrons. The van der Waals surface area contributed by atoms with Gasteiger partial charge >= 0.3 is 6.18 Å². The van der Waals surface area contributed by atoms with Gasteiger partial charge in [-0.15, -0.1) is 0 Å². The lowest BCUT2D eigenvalue weighted by atomic mass is 10.0. The maximum absolute atomic E-state index is 13.6. The van der Waals surface area contributed by atoms with E-state index in [9.17, 15) is 13.2 Å². The number of para-hydroxylation sites is 1. The monoisotopic (exact) mass is 415 g/mol. The summed E-state index contributed by atoms with van der Waals surface area (Å²) in [5, 5.41) is 7.98. The first-order valence-electron chi connectivity index (χ1n) is 10.1. The summed E-state index contributed by atoms with van der Waals surface area (Å²) in [6.07, 6.45) is -0.237. The molecule has 4 rings (SSSR count). The van der Waals surface area contributed by atoms with Crippen LogP contribution in [0.25, 0.3) is 5.69 Å². The van der Waals surface area contributed by atoms with Gasteiger partial charge in [-0.2, -0.15) is 18.3 Å². The number of aromatic nitrogens is 2. The van der Waals surface area contributed by atoms with Crippen LogP contribution in [0.5, 0.6) is 5.75 Å². The third kappa shape index (κ3) is 4.15. The molecule has 0 saturated carbocycles. The minimum absolute atomic E-state index is 0.0614. The van der Waals surface area contributed by atoms with Crippen molar-refractivity contribution >= 4 is 5.82 Å². The van der Waals surface area contributed by atoms with Crippen LogP contribution >= 0.6 is 0 Å². The van der Waals surface area contributed by atoms with Gasteiger partial charge < -0.3 is 10.1 Å². The Kier molecular flexibility index (Phi) is 5.70. The smallest absolute Gasteiger partial charge is 0.418 e. The summed E-state index contributed by atoms with van der Waals surface area (Å²) in [4.78, 5) is 0. The molecule has 3 aromatic rings. The molecule has 2 heterocycles. The molecule has 0 amide bonds. The fourth-order valence-electron chi connectivity index (χ4n) is 3.90. The summed E-state index contributed by atoms with van der Waals surface area (Å²) in [5.41, 5.74) is 2.40. The minimum Gasteiger partial charge on any atom is -0.497 e. The zero-order chi connectivity index (χ0) is 21.1. The highest BCUT2D eigenvalue weighted by Crippen LogP contribution is 2.36. The van der Waals surface area contributed by atoms with Crippen LogP contribution in [0.15, 0.2) is 48.5 Å². The summed E-state index contributed by atoms with van der Waals surface area (Å²) in [5.74, 6) is 1.48. The van der Waals surface area contributed by atoms with E-state index in [1.54, 1.807) is 13.2 Å². The van der Waals surface area contributed by atoms with Crippen LogP contribution in [0, 0.1) is 0 Å². The van der Waals surface area contributed by atoms with Crippen LogP contribution in [0.2, 0.25) is 0 Å². The number of hydrogen-bond donors (Lipinski definition) is 1. The number of hydrogen-bond acceptors (Lipinski definition) is 3. The van der Waals surface area contributed by atoms with Crippen molar-refractivity contribution in [1.29, 1.82) is 0 Å². The van der Waals surface area contributed by atoms with Crippen LogP contribution < -0.4 is 10.1 Å². The first kappa shape index (κ1) is 20.3. The molecular weight excluding hydrogens is 391 g/mol. The second kappa shape index (κ2) is 8.42. The molecule has 0 atom stereocenters. The third-order valence-corrected chi connectivity index (χ3v) is 5.46. The number of halogens is 3. The molecule has 1 aliphatic heterocycles. The Hall–Kier alpha value is -2.96. The van der Waals surface area contributed by atoms with Gasteiger partial charge in [0.05, 0.1) is 24.1 Å². The van der Waals surface area contributed by atoms with E-state index < -0.39 is 11.7 Å². The molecule has 0 unspecified atom stereocenters. The molecule has 0 bridgehead atoms. The van der Waals surface area contributed by atoms with Gasteiger partial charge in [0.1, 0.15) is 11.6 Å². The summed E-state index contributed by atoms with van der Waals surface area (Å²) < 4.78 is 47.5. The second-order valence-electron chi connectivity index (χ2n) is 7.43. The van der Waals surface area contributed by atoms with E-state index in [-0.39, 0.29) is 5.69 Å². The van der Waals surface area contributed by atoms with E-state index >= 15 is 0 Å². The van der Waals surface area contributed by atoms with Crippen molar-refractivity contribution in [3.8, 4) is 11.4 Å². The number of benzene rings is 2. The molecule has 0 fully saturated rings. The normalized spacial score (nSPS) is 14.0. The number of nitrogens with one attached hydrogen (secondary N) is 1. The largest absolute Gasteiger partial charge is 0.497 e. The topological polar surface area (TPSA) is 39.1 Å². The van der Waals surface area contributed by atoms with Gasteiger partial charge in [-0.3, -0.25) is 0 Å². The number of nitrogens with zero attached hydrogens (tertiary/aromatic N) is 2. The van der Waals surface area contributed by atoms with Gasteiger partial charge in [0.15, 0.2) is 0 Å². The number of methoxy groups -OCH3 is 1. The molecule has 0 saturated heterocycles. The standard InChI is InChI=1S/C23H24F3N3O/c1-30-17-12-9-16(10-13-17)11-14-20-18-6-4-5-15-27-22(18)29(28-20)21-8-3-2-7-19(21)23(24,25)26/h2-3,7-10,12-13,27H,4-6,11,14-15H2,1H3. The number of aryl methyl sites for hydroxylation is 2. The average molecular weight is 415 g/mol. The van der Waals surface area contributed by atoms with Crippen LogP contribution in [-0.2, 0) is 25.4 Å². The summed E-state index contributed by atoms with van der Waals surface area (Å²) in [6.45, 7) is 0.727. The van der Waals surface area contributed by atoms with Crippen LogP contribution in [0.4, 0.5) is 19.0 Å². The number of alkyl halides is 3. The maximum atomic E-state index is 13.6. The zero-order valence-electron chi connectivity index (χ0n) is 16.8. The maximum Gasteiger partial charge on any atom is 0.418 e. The van der Waals surface area contributed by atoms with Crippen molar-refractivity contribution in [1.82, 2.24) is 9.78 Å². The Morgan fingerprint density at radius 3 is 2.53 bits per heavy atom. The molecule has 7 heteroatoms. The Morgan fingerprint density at radius 2 is 1.80 bits per heavy atom. The predicted octanol–water partition coefficient (Wildman–Crippen LogP) is 5.43. The Labute approximate surface area is 173 Å². The van der Waals surface area contributed by atoms with Gasteiger partial charge in [-0.05, 0) is 61.9 Å². The van der Waals surface area contributed by atoms with E-state index in [1.165, 1.54) is 16.8 Å². The number of fused-ring (bicyclic) bond motifs is 1. The molecule has 30 heavy (non-hydrogen) atoms. The van der Waals surface area contributed by atoms with Gasteiger partial charge in [0.25, 0.3) is 0 Å². The first-order valence-corrected chi connectivity index (χ1v) is 10.1. The summed E-state index contributed by atoms with van der Waals surface area (Å²) in [7, 11) is 1.63. The van der Waals surface area contributed by atoms with Gasteiger partial charge in [0.2, 0.25) is 0 Å². The van der Waals surface area contributed by atoms with E-state index in [4.69, 9.17) is 4.74 Å². The van der Waals surface area contributed by atoms with Crippen molar-refractivity contribution in [2.45, 2.75) is 38.3 Å². The fraction of sp³-hybridized carbons (Fsp3) is 0.348. The lowest BCUT2D eigenvalue weighted by molar-refractivity contribution is -0.137. The third-order valence-electron chi connectivity index (χ3n) is 5.46. The van der Waals surface area contributed by atoms with Gasteiger partial charge in [-0.1, -0.05) is 24.3 Å². The highest BCUT2D eigenvalue weighted by molar-refractivity contribution is 5.56. The minimum atomic E-state index is -4.44. The molecule has 1 N–H and O–H groups in total. The molecule has 0 spiro atoms. The van der Waals surface area contributed by atoms with Gasteiger partial charge in [0, 0.05) is 12.1 Å². The fourth-order valence-corrected chi connectivity index (χ4v) is 3.90. The highest BCUT2D eigenvalue weighted by Gasteiger charge is 2.35. The predicted molar refractivity (Wildman–Crippen MR) is 110 cm³/mol. The van der Waals surface area contributed by atoms with Crippen LogP contribution in [-0.4, -0.2) is 23.4 Å². The van der Waals surface area contributed by atoms with Crippen molar-refractivity contribution < 1.29 is 17.9 Å². The van der Waals surface area contributed by atoms with Gasteiger partial charge in [-0.25, -0.2) is 4.68 Å². The SMILES string of the molecule is COc1ccc(CCc2nn(-c3ccccc3C(F)(F)F)c3c2CCCCN3)cc1. The second-order valence-corrected chi connectivity index (χ2v) is 7.43.